The zero-order chi connectivity index (χ0) is 32.2. The lowest BCUT2D eigenvalue weighted by atomic mass is 10.2. The predicted octanol–water partition coefficient (Wildman–Crippen LogP) is 5.85. The highest BCUT2D eigenvalue weighted by Crippen LogP contribution is 2.36. The number of nitro benzene ring substituents is 1. The van der Waals surface area contributed by atoms with Gasteiger partial charge in [0.2, 0.25) is 5.91 Å². The lowest BCUT2D eigenvalue weighted by Gasteiger charge is -2.26. The highest BCUT2D eigenvalue weighted by atomic mass is 35.5. The number of sulfonamides is 2. The van der Waals surface area contributed by atoms with E-state index in [0.29, 0.717) is 4.31 Å². The van der Waals surface area contributed by atoms with Crippen molar-refractivity contribution in [3.05, 3.63) is 111 Å². The highest BCUT2D eigenvalue weighted by molar-refractivity contribution is 7.93. The number of rotatable bonds is 11. The molecule has 0 heterocycles. The Hall–Kier alpha value is -4.37. The van der Waals surface area contributed by atoms with Gasteiger partial charge in [-0.3, -0.25) is 23.9 Å². The number of anilines is 3. The molecule has 2 N–H and O–H groups in total. The molecule has 0 saturated heterocycles. The summed E-state index contributed by atoms with van der Waals surface area (Å²) < 4.78 is 61.8. The number of hydrogen-bond acceptors (Lipinski definition) is 8. The number of para-hydroxylation sites is 1. The van der Waals surface area contributed by atoms with E-state index in [1.54, 1.807) is 12.1 Å². The van der Waals surface area contributed by atoms with Crippen LogP contribution in [0.2, 0.25) is 10.0 Å². The minimum absolute atomic E-state index is 0.0629. The van der Waals surface area contributed by atoms with Gasteiger partial charge in [-0.1, -0.05) is 41.4 Å². The quantitative estimate of drug-likeness (QED) is 0.147. The van der Waals surface area contributed by atoms with Gasteiger partial charge >= 0.3 is 0 Å². The maximum Gasteiger partial charge on any atom is 0.273 e. The molecule has 1 amide bonds. The highest BCUT2D eigenvalue weighted by Gasteiger charge is 2.31. The Morgan fingerprint density at radius 3 is 2.23 bits per heavy atom. The average Bonchev–Trinajstić information content (AvgIpc) is 2.97. The van der Waals surface area contributed by atoms with Gasteiger partial charge in [-0.2, -0.15) is 0 Å². The summed E-state index contributed by atoms with van der Waals surface area (Å²) in [5, 5.41) is 14.4. The van der Waals surface area contributed by atoms with Crippen molar-refractivity contribution >= 4 is 71.9 Å². The van der Waals surface area contributed by atoms with Crippen LogP contribution in [0.15, 0.2) is 94.7 Å². The van der Waals surface area contributed by atoms with E-state index in [1.165, 1.54) is 80.8 Å². The van der Waals surface area contributed by atoms with Crippen molar-refractivity contribution in [2.45, 2.75) is 16.7 Å². The number of aryl methyl sites for hydroxylation is 1. The molecule has 4 rings (SSSR count). The summed E-state index contributed by atoms with van der Waals surface area (Å²) in [5.41, 5.74) is 0.0699. The first-order valence-electron chi connectivity index (χ1n) is 12.5. The Morgan fingerprint density at radius 2 is 1.59 bits per heavy atom. The van der Waals surface area contributed by atoms with Crippen molar-refractivity contribution in [1.82, 2.24) is 0 Å². The smallest absolute Gasteiger partial charge is 0.273 e. The molecule has 0 aliphatic rings. The molecule has 0 unspecified atom stereocenters. The topological polar surface area (TPSA) is 165 Å². The Balaban J connectivity index is 1.63. The fraction of sp³-hybridized carbons (Fsp3) is 0.107. The van der Waals surface area contributed by atoms with Crippen LogP contribution >= 0.6 is 23.2 Å². The zero-order valence-electron chi connectivity index (χ0n) is 23.0. The molecule has 0 saturated carbocycles. The molecule has 4 aromatic rings. The second kappa shape index (κ2) is 13.1. The molecule has 0 aliphatic carbocycles. The minimum atomic E-state index is -4.59. The zero-order valence-corrected chi connectivity index (χ0v) is 26.2. The van der Waals surface area contributed by atoms with E-state index < -0.39 is 48.0 Å². The number of nitrogens with zero attached hydrogens (tertiary/aromatic N) is 2. The summed E-state index contributed by atoms with van der Waals surface area (Å²) in [4.78, 5) is 23.4. The van der Waals surface area contributed by atoms with Crippen LogP contribution in [0.4, 0.5) is 22.7 Å². The second-order valence-corrected chi connectivity index (χ2v) is 13.6. The molecular weight excluding hydrogens is 655 g/mol. The average molecular weight is 680 g/mol. The van der Waals surface area contributed by atoms with E-state index in [-0.39, 0.29) is 43.3 Å². The molecule has 0 aromatic heterocycles. The summed E-state index contributed by atoms with van der Waals surface area (Å²) >= 11 is 12.2. The largest absolute Gasteiger partial charge is 0.495 e. The Morgan fingerprint density at radius 1 is 0.932 bits per heavy atom. The number of halogens is 2. The van der Waals surface area contributed by atoms with Crippen LogP contribution in [0, 0.1) is 17.0 Å². The normalized spacial score (nSPS) is 11.5. The number of methoxy groups -OCH3 is 1. The lowest BCUT2D eigenvalue weighted by molar-refractivity contribution is -0.385. The third-order valence-corrected chi connectivity index (χ3v) is 9.93. The first-order chi connectivity index (χ1) is 20.7. The molecule has 16 heteroatoms. The van der Waals surface area contributed by atoms with Crippen LogP contribution in [0.3, 0.4) is 0 Å². The molecule has 0 bridgehead atoms. The van der Waals surface area contributed by atoms with Crippen molar-refractivity contribution in [2.24, 2.45) is 0 Å². The molecule has 0 spiro atoms. The van der Waals surface area contributed by atoms with Gasteiger partial charge in [-0.25, -0.2) is 16.8 Å². The maximum absolute atomic E-state index is 13.9. The van der Waals surface area contributed by atoms with Gasteiger partial charge in [-0.15, -0.1) is 0 Å². The van der Waals surface area contributed by atoms with Gasteiger partial charge in [0.1, 0.15) is 12.3 Å². The third kappa shape index (κ3) is 7.22. The number of nitro groups is 1. The van der Waals surface area contributed by atoms with Crippen LogP contribution in [0.25, 0.3) is 0 Å². The predicted molar refractivity (Wildman–Crippen MR) is 168 cm³/mol. The van der Waals surface area contributed by atoms with E-state index >= 15 is 0 Å². The molecule has 0 radical (unpaired) electrons. The van der Waals surface area contributed by atoms with Crippen LogP contribution in [-0.4, -0.2) is 41.3 Å². The van der Waals surface area contributed by atoms with E-state index in [4.69, 9.17) is 27.9 Å². The van der Waals surface area contributed by atoms with Gasteiger partial charge in [-0.05, 0) is 67.6 Å². The van der Waals surface area contributed by atoms with E-state index in [2.05, 4.69) is 10.0 Å². The van der Waals surface area contributed by atoms with E-state index in [9.17, 15) is 31.7 Å². The number of hydrogen-bond donors (Lipinski definition) is 2. The molecule has 0 aliphatic heterocycles. The number of carbonyl (C=O) groups excluding carboxylic acids is 1. The summed E-state index contributed by atoms with van der Waals surface area (Å²) in [6.07, 6.45) is 0. The molecule has 4 aromatic carbocycles. The SMILES string of the molecule is COc1ccc(Cl)cc1N(CC(=O)Nc1ccc(S(=O)(=O)Nc2ccccc2Cl)cc1)S(=O)(=O)c1ccc(C)c([N+](=O)[O-])c1. The summed E-state index contributed by atoms with van der Waals surface area (Å²) in [6.45, 7) is 0.665. The van der Waals surface area contributed by atoms with Crippen LogP contribution in [-0.2, 0) is 24.8 Å². The molecule has 230 valence electrons. The fourth-order valence-corrected chi connectivity index (χ4v) is 6.96. The van der Waals surface area contributed by atoms with Crippen molar-refractivity contribution in [3.63, 3.8) is 0 Å². The summed E-state index contributed by atoms with van der Waals surface area (Å²) in [6, 6.07) is 19.0. The first-order valence-corrected chi connectivity index (χ1v) is 16.2. The Labute approximate surface area is 263 Å². The monoisotopic (exact) mass is 678 g/mol. The number of nitrogens with one attached hydrogen (secondary N) is 2. The van der Waals surface area contributed by atoms with E-state index in [0.717, 1.165) is 6.07 Å². The van der Waals surface area contributed by atoms with Gasteiger partial charge in [0.25, 0.3) is 25.7 Å². The Bertz CT molecular complexity index is 1950. The second-order valence-electron chi connectivity index (χ2n) is 9.19. The number of ether oxygens (including phenoxy) is 1. The van der Waals surface area contributed by atoms with Crippen molar-refractivity contribution in [2.75, 3.05) is 28.0 Å². The van der Waals surface area contributed by atoms with Gasteiger partial charge in [0.15, 0.2) is 0 Å². The van der Waals surface area contributed by atoms with Crippen molar-refractivity contribution in [1.29, 1.82) is 0 Å². The van der Waals surface area contributed by atoms with Gasteiger partial charge in [0, 0.05) is 22.3 Å². The third-order valence-electron chi connectivity index (χ3n) is 6.23. The fourth-order valence-electron chi connectivity index (χ4n) is 4.03. The van der Waals surface area contributed by atoms with Crippen molar-refractivity contribution < 1.29 is 31.3 Å². The standard InChI is InChI=1S/C28H24Cl2N4O8S2/c1-18-7-11-22(16-25(18)34(36)37)44(40,41)33(26-15-19(29)8-14-27(26)42-2)17-28(35)31-20-9-12-21(13-10-20)43(38,39)32-24-6-4-3-5-23(24)30/h3-16,32H,17H2,1-2H3,(H,31,35). The van der Waals surface area contributed by atoms with Gasteiger partial charge < -0.3 is 10.1 Å². The number of benzene rings is 4. The maximum atomic E-state index is 13.9. The molecule has 44 heavy (non-hydrogen) atoms. The minimum Gasteiger partial charge on any atom is -0.495 e. The summed E-state index contributed by atoms with van der Waals surface area (Å²) in [7, 11) is -7.32. The molecule has 0 atom stereocenters. The van der Waals surface area contributed by atoms with Crippen molar-refractivity contribution in [3.8, 4) is 5.75 Å². The number of carbonyl (C=O) groups is 1. The van der Waals surface area contributed by atoms with Gasteiger partial charge in [0.05, 0.1) is 38.2 Å². The molecular formula is C28H24Cl2N4O8S2. The van der Waals surface area contributed by atoms with Crippen LogP contribution in [0.5, 0.6) is 5.75 Å². The van der Waals surface area contributed by atoms with Crippen LogP contribution < -0.4 is 19.1 Å². The van der Waals surface area contributed by atoms with Crippen LogP contribution in [0.1, 0.15) is 5.56 Å². The molecule has 0 fully saturated rings. The lowest BCUT2D eigenvalue weighted by Crippen LogP contribution is -2.38. The Kier molecular flexibility index (Phi) is 9.69. The molecule has 12 nitrogen and oxygen atoms in total. The summed E-state index contributed by atoms with van der Waals surface area (Å²) in [5.74, 6) is -0.755. The van der Waals surface area contributed by atoms with E-state index in [1.807, 2.05) is 0 Å². The number of amides is 1. The first kappa shape index (κ1) is 32.5.